The zero-order chi connectivity index (χ0) is 20.0. The van der Waals surface area contributed by atoms with Crippen LogP contribution >= 0.6 is 15.9 Å². The third-order valence-corrected chi connectivity index (χ3v) is 6.23. The molecule has 0 aromatic heterocycles. The van der Waals surface area contributed by atoms with Crippen molar-refractivity contribution in [3.8, 4) is 5.75 Å². The molecule has 0 saturated carbocycles. The van der Waals surface area contributed by atoms with E-state index in [9.17, 15) is 4.39 Å². The van der Waals surface area contributed by atoms with Crippen LogP contribution in [0.5, 0.6) is 5.75 Å². The predicted molar refractivity (Wildman–Crippen MR) is 115 cm³/mol. The Balaban J connectivity index is 1.57. The first kappa shape index (κ1) is 18.4. The number of rotatable bonds is 3. The molecule has 0 bridgehead atoms. The molecular weight excluding hydrogens is 431 g/mol. The second-order valence-electron chi connectivity index (χ2n) is 7.38. The van der Waals surface area contributed by atoms with Crippen molar-refractivity contribution < 1.29 is 9.13 Å². The van der Waals surface area contributed by atoms with E-state index in [1.165, 1.54) is 11.6 Å². The second-order valence-corrected chi connectivity index (χ2v) is 8.23. The zero-order valence-corrected chi connectivity index (χ0v) is 17.6. The number of hydrogen-bond acceptors (Lipinski definition) is 3. The molecule has 0 fully saturated rings. The van der Waals surface area contributed by atoms with Gasteiger partial charge in [-0.3, -0.25) is 0 Å². The Labute approximate surface area is 177 Å². The lowest BCUT2D eigenvalue weighted by Crippen LogP contribution is -2.33. The van der Waals surface area contributed by atoms with E-state index in [0.717, 1.165) is 41.0 Å². The number of halogens is 2. The molecule has 2 heterocycles. The minimum Gasteiger partial charge on any atom is -0.464 e. The Morgan fingerprint density at radius 1 is 1.10 bits per heavy atom. The van der Waals surface area contributed by atoms with Gasteiger partial charge in [0.25, 0.3) is 0 Å². The lowest BCUT2D eigenvalue weighted by atomic mass is 9.95. The molecule has 2 atom stereocenters. The fourth-order valence-electron chi connectivity index (χ4n) is 4.03. The number of hydrazone groups is 1. The van der Waals surface area contributed by atoms with Gasteiger partial charge < -0.3 is 4.74 Å². The molecular formula is C24H20BrFN2O. The van der Waals surface area contributed by atoms with Crippen LogP contribution < -0.4 is 4.74 Å². The van der Waals surface area contributed by atoms with Gasteiger partial charge in [0.15, 0.2) is 0 Å². The van der Waals surface area contributed by atoms with Crippen LogP contribution in [0.25, 0.3) is 0 Å². The zero-order valence-electron chi connectivity index (χ0n) is 16.0. The maximum atomic E-state index is 13.8. The summed E-state index contributed by atoms with van der Waals surface area (Å²) in [6, 6.07) is 21.8. The summed E-state index contributed by atoms with van der Waals surface area (Å²) in [5.74, 6) is 0.570. The summed E-state index contributed by atoms with van der Waals surface area (Å²) in [6.45, 7) is 2.15. The van der Waals surface area contributed by atoms with E-state index >= 15 is 0 Å². The van der Waals surface area contributed by atoms with Crippen LogP contribution in [-0.4, -0.2) is 10.7 Å². The van der Waals surface area contributed by atoms with Gasteiger partial charge in [-0.05, 0) is 51.7 Å². The Kier molecular flexibility index (Phi) is 4.63. The smallest absolute Gasteiger partial charge is 0.213 e. The SMILES string of the molecule is CCc1ccc(C2=NN3[C@@H](C2)c2ccccc2O[C@H]3c2ccc(F)c(Br)c2)cc1. The third kappa shape index (κ3) is 3.23. The van der Waals surface area contributed by atoms with Crippen molar-refractivity contribution in [3.05, 3.63) is 99.3 Å². The highest BCUT2D eigenvalue weighted by atomic mass is 79.9. The van der Waals surface area contributed by atoms with E-state index in [1.54, 1.807) is 12.1 Å². The molecule has 3 aromatic carbocycles. The maximum Gasteiger partial charge on any atom is 0.213 e. The molecule has 146 valence electrons. The van der Waals surface area contributed by atoms with Gasteiger partial charge in [0, 0.05) is 17.5 Å². The second kappa shape index (κ2) is 7.30. The van der Waals surface area contributed by atoms with Gasteiger partial charge in [0.1, 0.15) is 11.6 Å². The van der Waals surface area contributed by atoms with Crippen molar-refractivity contribution >= 4 is 21.6 Å². The van der Waals surface area contributed by atoms with Gasteiger partial charge >= 0.3 is 0 Å². The molecule has 5 rings (SSSR count). The van der Waals surface area contributed by atoms with Crippen molar-refractivity contribution in [2.75, 3.05) is 0 Å². The van der Waals surface area contributed by atoms with Crippen LogP contribution in [-0.2, 0) is 6.42 Å². The maximum absolute atomic E-state index is 13.8. The van der Waals surface area contributed by atoms with E-state index in [1.807, 2.05) is 23.2 Å². The highest BCUT2D eigenvalue weighted by Crippen LogP contribution is 2.47. The van der Waals surface area contributed by atoms with Crippen molar-refractivity contribution in [3.63, 3.8) is 0 Å². The average molecular weight is 451 g/mol. The summed E-state index contributed by atoms with van der Waals surface area (Å²) in [5.41, 5.74) is 5.49. The summed E-state index contributed by atoms with van der Waals surface area (Å²) in [6.07, 6.45) is 1.42. The minimum absolute atomic E-state index is 0.0923. The number of ether oxygens (including phenoxy) is 1. The average Bonchev–Trinajstić information content (AvgIpc) is 3.21. The van der Waals surface area contributed by atoms with Gasteiger partial charge in [-0.1, -0.05) is 55.5 Å². The molecule has 3 nitrogen and oxygen atoms in total. The highest BCUT2D eigenvalue weighted by Gasteiger charge is 2.40. The number of para-hydroxylation sites is 1. The number of benzene rings is 3. The monoisotopic (exact) mass is 450 g/mol. The summed E-state index contributed by atoms with van der Waals surface area (Å²) >= 11 is 3.29. The summed E-state index contributed by atoms with van der Waals surface area (Å²) < 4.78 is 20.5. The van der Waals surface area contributed by atoms with E-state index < -0.39 is 6.23 Å². The Hall–Kier alpha value is -2.66. The quantitative estimate of drug-likeness (QED) is 0.461. The van der Waals surface area contributed by atoms with E-state index in [-0.39, 0.29) is 11.9 Å². The van der Waals surface area contributed by atoms with Crippen molar-refractivity contribution in [1.29, 1.82) is 0 Å². The molecule has 3 aromatic rings. The molecule has 0 N–H and O–H groups in total. The molecule has 29 heavy (non-hydrogen) atoms. The van der Waals surface area contributed by atoms with E-state index in [0.29, 0.717) is 4.47 Å². The van der Waals surface area contributed by atoms with Crippen LogP contribution in [0.1, 0.15) is 47.9 Å². The summed E-state index contributed by atoms with van der Waals surface area (Å²) in [5, 5.41) is 6.98. The molecule has 0 radical (unpaired) electrons. The number of fused-ring (bicyclic) bond motifs is 3. The molecule has 2 aliphatic rings. The van der Waals surface area contributed by atoms with Gasteiger partial charge in [0.05, 0.1) is 16.2 Å². The number of aryl methyl sites for hydroxylation is 1. The van der Waals surface area contributed by atoms with Crippen LogP contribution in [0.2, 0.25) is 0 Å². The van der Waals surface area contributed by atoms with Crippen molar-refractivity contribution in [2.24, 2.45) is 5.10 Å². The van der Waals surface area contributed by atoms with E-state index in [2.05, 4.69) is 53.2 Å². The van der Waals surface area contributed by atoms with Gasteiger partial charge in [-0.2, -0.15) is 5.10 Å². The summed E-state index contributed by atoms with van der Waals surface area (Å²) in [4.78, 5) is 0. The first-order valence-corrected chi connectivity index (χ1v) is 10.6. The fourth-order valence-corrected chi connectivity index (χ4v) is 4.42. The molecule has 0 aliphatic carbocycles. The molecule has 0 spiro atoms. The Bertz CT molecular complexity index is 1100. The molecule has 5 heteroatoms. The molecule has 0 unspecified atom stereocenters. The predicted octanol–water partition coefficient (Wildman–Crippen LogP) is 6.39. The topological polar surface area (TPSA) is 24.8 Å². The van der Waals surface area contributed by atoms with Gasteiger partial charge in [-0.15, -0.1) is 0 Å². The van der Waals surface area contributed by atoms with Crippen LogP contribution in [0.4, 0.5) is 4.39 Å². The molecule has 0 amide bonds. The minimum atomic E-state index is -0.404. The first-order chi connectivity index (χ1) is 14.1. The van der Waals surface area contributed by atoms with Crippen molar-refractivity contribution in [1.82, 2.24) is 5.01 Å². The van der Waals surface area contributed by atoms with Gasteiger partial charge in [-0.25, -0.2) is 9.40 Å². The Morgan fingerprint density at radius 3 is 2.66 bits per heavy atom. The van der Waals surface area contributed by atoms with Crippen LogP contribution in [0, 0.1) is 5.82 Å². The van der Waals surface area contributed by atoms with Crippen LogP contribution in [0.15, 0.2) is 76.3 Å². The van der Waals surface area contributed by atoms with Crippen molar-refractivity contribution in [2.45, 2.75) is 32.0 Å². The van der Waals surface area contributed by atoms with E-state index in [4.69, 9.17) is 9.84 Å². The summed E-state index contributed by atoms with van der Waals surface area (Å²) in [7, 11) is 0. The lowest BCUT2D eigenvalue weighted by Gasteiger charge is -2.38. The van der Waals surface area contributed by atoms with Gasteiger partial charge in [0.2, 0.25) is 6.23 Å². The number of hydrogen-bond donors (Lipinski definition) is 0. The standard InChI is InChI=1S/C24H20BrFN2O/c1-2-15-7-9-16(10-8-15)21-14-22-18-5-3-4-6-23(18)29-24(28(22)27-21)17-11-12-20(26)19(25)13-17/h3-13,22,24H,2,14H2,1H3/t22-,24-/m0/s1. The lowest BCUT2D eigenvalue weighted by molar-refractivity contribution is -0.0191. The fraction of sp³-hybridized carbons (Fsp3) is 0.208. The Morgan fingerprint density at radius 2 is 1.90 bits per heavy atom. The first-order valence-electron chi connectivity index (χ1n) is 9.79. The molecule has 0 saturated heterocycles. The third-order valence-electron chi connectivity index (χ3n) is 5.62. The molecule has 2 aliphatic heterocycles. The largest absolute Gasteiger partial charge is 0.464 e. The van der Waals surface area contributed by atoms with Crippen LogP contribution in [0.3, 0.4) is 0 Å². The number of nitrogens with zero attached hydrogens (tertiary/aromatic N) is 2. The normalized spacial score (nSPS) is 20.0. The highest BCUT2D eigenvalue weighted by molar-refractivity contribution is 9.10.